The maximum Gasteiger partial charge on any atom is 0.416 e. The molecule has 37 heavy (non-hydrogen) atoms. The highest BCUT2D eigenvalue weighted by Gasteiger charge is 2.37. The molecular weight excluding hydrogens is 524 g/mol. The van der Waals surface area contributed by atoms with Gasteiger partial charge in [-0.05, 0) is 36.1 Å². The maximum atomic E-state index is 13.3. The third-order valence-electron chi connectivity index (χ3n) is 5.06. The fourth-order valence-corrected chi connectivity index (χ4v) is 4.11. The number of carbonyl (C=O) groups excluding carboxylic acids is 1. The van der Waals surface area contributed by atoms with Gasteiger partial charge in [0.05, 0.1) is 16.0 Å². The van der Waals surface area contributed by atoms with Gasteiger partial charge in [0.15, 0.2) is 0 Å². The molecule has 0 aliphatic rings. The van der Waals surface area contributed by atoms with Crippen molar-refractivity contribution in [1.29, 1.82) is 0 Å². The summed E-state index contributed by atoms with van der Waals surface area (Å²) in [6.45, 7) is 1.88. The van der Waals surface area contributed by atoms with Crippen LogP contribution >= 0.6 is 11.3 Å². The summed E-state index contributed by atoms with van der Waals surface area (Å²) in [7, 11) is 0. The average molecular weight is 541 g/mol. The Balaban J connectivity index is 1.80. The van der Waals surface area contributed by atoms with Crippen molar-refractivity contribution >= 4 is 23.1 Å². The number of alkyl halides is 6. The molecule has 194 valence electrons. The predicted octanol–water partition coefficient (Wildman–Crippen LogP) is 5.93. The van der Waals surface area contributed by atoms with Crippen LogP contribution in [-0.2, 0) is 18.8 Å². The zero-order valence-corrected chi connectivity index (χ0v) is 19.7. The molecule has 4 aromatic rings. The Bertz CT molecular complexity index is 1460. The van der Waals surface area contributed by atoms with E-state index < -0.39 is 40.5 Å². The molecule has 7 nitrogen and oxygen atoms in total. The van der Waals surface area contributed by atoms with Crippen molar-refractivity contribution in [3.63, 3.8) is 0 Å². The van der Waals surface area contributed by atoms with Gasteiger partial charge in [0, 0.05) is 23.4 Å². The Hall–Kier alpha value is -3.94. The largest absolute Gasteiger partial charge is 0.416 e. The molecule has 0 saturated carbocycles. The van der Waals surface area contributed by atoms with Crippen LogP contribution in [0.15, 0.2) is 52.6 Å². The van der Waals surface area contributed by atoms with Crippen LogP contribution in [-0.4, -0.2) is 25.7 Å². The molecule has 1 amide bonds. The van der Waals surface area contributed by atoms with E-state index in [1.165, 1.54) is 23.5 Å². The van der Waals surface area contributed by atoms with Gasteiger partial charge in [-0.1, -0.05) is 19.4 Å². The molecule has 0 radical (unpaired) electrons. The monoisotopic (exact) mass is 541 g/mol. The number of rotatable bonds is 6. The number of nitrogens with zero attached hydrogens (tertiary/aromatic N) is 3. The summed E-state index contributed by atoms with van der Waals surface area (Å²) in [5.74, 6) is -1.47. The standard InChI is InChI=1S/C23H17F6N5O2S/c1-2-4-15-10-19(35)32-21(30-15)34-18(11-16(33-34)17-5-3-6-37-17)31-20(36)12-7-13(22(24,25)26)9-14(8-12)23(27,28)29/h3,5-11H,2,4H2,1H3,(H,31,36)(H,30,32,35). The highest BCUT2D eigenvalue weighted by Crippen LogP contribution is 2.36. The number of aromatic amines is 1. The first-order valence-corrected chi connectivity index (χ1v) is 11.6. The second kappa shape index (κ2) is 9.84. The van der Waals surface area contributed by atoms with Gasteiger partial charge in [0.1, 0.15) is 11.5 Å². The van der Waals surface area contributed by atoms with E-state index in [-0.39, 0.29) is 17.8 Å². The topological polar surface area (TPSA) is 92.7 Å². The fraction of sp³-hybridized carbons (Fsp3) is 0.217. The summed E-state index contributed by atoms with van der Waals surface area (Å²) in [5, 5.41) is 8.41. The number of amides is 1. The smallest absolute Gasteiger partial charge is 0.306 e. The van der Waals surface area contributed by atoms with Gasteiger partial charge in [-0.3, -0.25) is 14.6 Å². The van der Waals surface area contributed by atoms with E-state index in [0.717, 1.165) is 4.68 Å². The third kappa shape index (κ3) is 5.90. The van der Waals surface area contributed by atoms with E-state index in [4.69, 9.17) is 0 Å². The molecule has 0 aliphatic carbocycles. The van der Waals surface area contributed by atoms with Gasteiger partial charge in [0.25, 0.3) is 11.5 Å². The molecular formula is C23H17F6N5O2S. The molecule has 1 aromatic carbocycles. The normalized spacial score (nSPS) is 12.1. The Labute approximate surface area is 208 Å². The van der Waals surface area contributed by atoms with Gasteiger partial charge in [-0.25, -0.2) is 4.98 Å². The number of hydrogen-bond donors (Lipinski definition) is 2. The molecule has 2 N–H and O–H groups in total. The van der Waals surface area contributed by atoms with Crippen molar-refractivity contribution < 1.29 is 31.1 Å². The Morgan fingerprint density at radius 3 is 2.30 bits per heavy atom. The Kier molecular flexibility index (Phi) is 6.95. The van der Waals surface area contributed by atoms with Crippen LogP contribution in [0.1, 0.15) is 40.5 Å². The summed E-state index contributed by atoms with van der Waals surface area (Å²) in [6, 6.07) is 6.70. The molecule has 14 heteroatoms. The maximum absolute atomic E-state index is 13.3. The number of aryl methyl sites for hydroxylation is 1. The van der Waals surface area contributed by atoms with Gasteiger partial charge in [-0.15, -0.1) is 11.3 Å². The Morgan fingerprint density at radius 1 is 1.05 bits per heavy atom. The van der Waals surface area contributed by atoms with Gasteiger partial charge in [-0.2, -0.15) is 36.1 Å². The highest BCUT2D eigenvalue weighted by molar-refractivity contribution is 7.13. The van der Waals surface area contributed by atoms with E-state index in [9.17, 15) is 35.9 Å². The molecule has 3 heterocycles. The number of hydrogen-bond acceptors (Lipinski definition) is 5. The van der Waals surface area contributed by atoms with E-state index in [1.807, 2.05) is 6.92 Å². The number of aromatic nitrogens is 4. The van der Waals surface area contributed by atoms with Crippen LogP contribution in [0.5, 0.6) is 0 Å². The number of H-pyrrole nitrogens is 1. The predicted molar refractivity (Wildman–Crippen MR) is 124 cm³/mol. The van der Waals surface area contributed by atoms with Crippen LogP contribution < -0.4 is 10.9 Å². The molecule has 3 aromatic heterocycles. The van der Waals surface area contributed by atoms with Crippen LogP contribution in [0.2, 0.25) is 0 Å². The average Bonchev–Trinajstić information content (AvgIpc) is 3.47. The molecule has 4 rings (SSSR count). The first-order valence-electron chi connectivity index (χ1n) is 10.7. The van der Waals surface area contributed by atoms with Crippen LogP contribution in [0.25, 0.3) is 16.5 Å². The molecule has 0 spiro atoms. The lowest BCUT2D eigenvalue weighted by Gasteiger charge is -2.14. The SMILES string of the molecule is CCCc1cc(=O)[nH]c(-n2nc(-c3cccs3)cc2NC(=O)c2cc(C(F)(F)F)cc(C(F)(F)F)c2)n1. The number of nitrogens with one attached hydrogen (secondary N) is 2. The minimum absolute atomic E-state index is 0.0657. The Morgan fingerprint density at radius 2 is 1.73 bits per heavy atom. The summed E-state index contributed by atoms with van der Waals surface area (Å²) in [4.78, 5) is 32.5. The first-order chi connectivity index (χ1) is 17.3. The van der Waals surface area contributed by atoms with Crippen LogP contribution in [0.4, 0.5) is 32.2 Å². The van der Waals surface area contributed by atoms with Gasteiger partial charge in [0.2, 0.25) is 5.95 Å². The second-order valence-corrected chi connectivity index (χ2v) is 8.81. The molecule has 0 unspecified atom stereocenters. The van der Waals surface area contributed by atoms with Crippen LogP contribution in [0.3, 0.4) is 0 Å². The molecule has 0 aliphatic heterocycles. The number of benzene rings is 1. The van der Waals surface area contributed by atoms with Gasteiger partial charge < -0.3 is 5.32 Å². The second-order valence-electron chi connectivity index (χ2n) is 7.86. The summed E-state index contributed by atoms with van der Waals surface area (Å²) in [5.41, 5.74) is -3.87. The van der Waals surface area contributed by atoms with Crippen molar-refractivity contribution in [2.45, 2.75) is 32.1 Å². The molecule has 0 fully saturated rings. The van der Waals surface area contributed by atoms with Crippen LogP contribution in [0, 0.1) is 0 Å². The van der Waals surface area contributed by atoms with E-state index in [1.54, 1.807) is 17.5 Å². The van der Waals surface area contributed by atoms with E-state index >= 15 is 0 Å². The lowest BCUT2D eigenvalue weighted by Crippen LogP contribution is -2.20. The quantitative estimate of drug-likeness (QED) is 0.296. The fourth-order valence-electron chi connectivity index (χ4n) is 3.43. The van der Waals surface area contributed by atoms with E-state index in [0.29, 0.717) is 41.2 Å². The summed E-state index contributed by atoms with van der Waals surface area (Å²) >= 11 is 1.30. The number of thiophene rings is 1. The zero-order chi connectivity index (χ0) is 27.0. The summed E-state index contributed by atoms with van der Waals surface area (Å²) in [6.07, 6.45) is -9.10. The third-order valence-corrected chi connectivity index (χ3v) is 5.96. The lowest BCUT2D eigenvalue weighted by molar-refractivity contribution is -0.143. The van der Waals surface area contributed by atoms with Crippen molar-refractivity contribution in [3.05, 3.63) is 80.6 Å². The van der Waals surface area contributed by atoms with Crippen molar-refractivity contribution in [1.82, 2.24) is 19.7 Å². The molecule has 0 bridgehead atoms. The molecule has 0 atom stereocenters. The highest BCUT2D eigenvalue weighted by atomic mass is 32.1. The van der Waals surface area contributed by atoms with Crippen molar-refractivity contribution in [3.8, 4) is 16.5 Å². The number of anilines is 1. The lowest BCUT2D eigenvalue weighted by atomic mass is 10.0. The minimum atomic E-state index is -5.12. The number of halogens is 6. The molecule has 0 saturated heterocycles. The van der Waals surface area contributed by atoms with Crippen molar-refractivity contribution in [2.75, 3.05) is 5.32 Å². The van der Waals surface area contributed by atoms with E-state index in [2.05, 4.69) is 20.4 Å². The number of carbonyl (C=O) groups is 1. The minimum Gasteiger partial charge on any atom is -0.306 e. The summed E-state index contributed by atoms with van der Waals surface area (Å²) < 4.78 is 80.6. The van der Waals surface area contributed by atoms with Crippen molar-refractivity contribution in [2.24, 2.45) is 0 Å². The first kappa shape index (κ1) is 26.1. The van der Waals surface area contributed by atoms with Gasteiger partial charge >= 0.3 is 12.4 Å². The zero-order valence-electron chi connectivity index (χ0n) is 18.9.